The average molecular weight is 225 g/mol. The minimum atomic E-state index is -0.326. The summed E-state index contributed by atoms with van der Waals surface area (Å²) in [5.41, 5.74) is 0.652. The molecule has 17 heavy (non-hydrogen) atoms. The molecular formula is C14H11NO2. The molecule has 84 valence electrons. The van der Waals surface area contributed by atoms with Crippen molar-refractivity contribution >= 4 is 17.5 Å². The van der Waals surface area contributed by atoms with E-state index in [0.717, 1.165) is 0 Å². The molecule has 0 radical (unpaired) electrons. The van der Waals surface area contributed by atoms with Crippen LogP contribution in [0.3, 0.4) is 0 Å². The molecule has 0 bridgehead atoms. The number of nitrogens with zero attached hydrogens (tertiary/aromatic N) is 1. The van der Waals surface area contributed by atoms with Crippen molar-refractivity contribution in [3.63, 3.8) is 0 Å². The lowest BCUT2D eigenvalue weighted by molar-refractivity contribution is -0.122. The van der Waals surface area contributed by atoms with E-state index >= 15 is 0 Å². The van der Waals surface area contributed by atoms with E-state index in [2.05, 4.69) is 0 Å². The van der Waals surface area contributed by atoms with Crippen molar-refractivity contribution in [3.05, 3.63) is 54.6 Å². The fourth-order valence-corrected chi connectivity index (χ4v) is 2.32. The second-order valence-corrected chi connectivity index (χ2v) is 4.17. The zero-order valence-corrected chi connectivity index (χ0v) is 9.11. The molecule has 0 unspecified atom stereocenters. The molecule has 1 aromatic rings. The number of benzene rings is 1. The van der Waals surface area contributed by atoms with Gasteiger partial charge in [0, 0.05) is 0 Å². The van der Waals surface area contributed by atoms with E-state index in [1.165, 1.54) is 4.90 Å². The molecule has 3 rings (SSSR count). The number of fused-ring (bicyclic) bond motifs is 1. The molecule has 2 amide bonds. The molecule has 1 fully saturated rings. The van der Waals surface area contributed by atoms with Gasteiger partial charge in [0.2, 0.25) is 11.8 Å². The molecule has 0 N–H and O–H groups in total. The van der Waals surface area contributed by atoms with Crippen molar-refractivity contribution in [2.45, 2.75) is 0 Å². The monoisotopic (exact) mass is 225 g/mol. The van der Waals surface area contributed by atoms with Crippen LogP contribution >= 0.6 is 0 Å². The molecule has 1 saturated heterocycles. The molecule has 3 heteroatoms. The maximum atomic E-state index is 12.2. The summed E-state index contributed by atoms with van der Waals surface area (Å²) in [6, 6.07) is 9.07. The Kier molecular flexibility index (Phi) is 2.18. The lowest BCUT2D eigenvalue weighted by Gasteiger charge is -2.13. The third kappa shape index (κ3) is 1.43. The Morgan fingerprint density at radius 1 is 0.824 bits per heavy atom. The van der Waals surface area contributed by atoms with Gasteiger partial charge in [0.05, 0.1) is 17.5 Å². The zero-order valence-electron chi connectivity index (χ0n) is 9.11. The highest BCUT2D eigenvalue weighted by Crippen LogP contribution is 2.34. The summed E-state index contributed by atoms with van der Waals surface area (Å²) in [7, 11) is 0. The molecule has 1 aliphatic heterocycles. The van der Waals surface area contributed by atoms with Gasteiger partial charge in [-0.2, -0.15) is 0 Å². The lowest BCUT2D eigenvalue weighted by atomic mass is 9.91. The Morgan fingerprint density at radius 3 is 1.88 bits per heavy atom. The molecule has 1 heterocycles. The van der Waals surface area contributed by atoms with Crippen LogP contribution in [-0.4, -0.2) is 11.8 Å². The van der Waals surface area contributed by atoms with Gasteiger partial charge < -0.3 is 0 Å². The second-order valence-electron chi connectivity index (χ2n) is 4.17. The minimum absolute atomic E-state index is 0.133. The average Bonchev–Trinajstić information content (AvgIpc) is 2.64. The SMILES string of the molecule is O=C1[C@H]2C=CC=C[C@H]2C(=O)N1c1ccccc1. The molecule has 0 saturated carbocycles. The third-order valence-electron chi connectivity index (χ3n) is 3.16. The molecule has 2 aliphatic rings. The number of hydrogen-bond acceptors (Lipinski definition) is 2. The minimum Gasteiger partial charge on any atom is -0.273 e. The number of para-hydroxylation sites is 1. The molecule has 0 spiro atoms. The number of carbonyl (C=O) groups is 2. The Balaban J connectivity index is 2.03. The Bertz CT molecular complexity index is 500. The number of hydrogen-bond donors (Lipinski definition) is 0. The summed E-state index contributed by atoms with van der Waals surface area (Å²) in [6.45, 7) is 0. The van der Waals surface area contributed by atoms with E-state index in [4.69, 9.17) is 0 Å². The second kappa shape index (κ2) is 3.70. The van der Waals surface area contributed by atoms with Crippen molar-refractivity contribution in [2.75, 3.05) is 4.90 Å². The summed E-state index contributed by atoms with van der Waals surface area (Å²) in [4.78, 5) is 25.6. The number of amides is 2. The van der Waals surface area contributed by atoms with Crippen molar-refractivity contribution < 1.29 is 9.59 Å². The van der Waals surface area contributed by atoms with Crippen molar-refractivity contribution in [1.29, 1.82) is 0 Å². The number of carbonyl (C=O) groups excluding carboxylic acids is 2. The summed E-state index contributed by atoms with van der Waals surface area (Å²) in [5, 5.41) is 0. The Hall–Kier alpha value is -2.16. The summed E-state index contributed by atoms with van der Waals surface area (Å²) < 4.78 is 0. The number of rotatable bonds is 1. The van der Waals surface area contributed by atoms with Gasteiger partial charge in [0.15, 0.2) is 0 Å². The molecule has 2 atom stereocenters. The van der Waals surface area contributed by atoms with Crippen LogP contribution in [0.2, 0.25) is 0 Å². The van der Waals surface area contributed by atoms with Gasteiger partial charge in [-0.25, -0.2) is 4.90 Å². The smallest absolute Gasteiger partial charge is 0.241 e. The highest BCUT2D eigenvalue weighted by molar-refractivity contribution is 6.23. The third-order valence-corrected chi connectivity index (χ3v) is 3.16. The number of anilines is 1. The molecule has 0 aromatic heterocycles. The zero-order chi connectivity index (χ0) is 11.8. The van der Waals surface area contributed by atoms with Crippen LogP contribution in [0.15, 0.2) is 54.6 Å². The standard InChI is InChI=1S/C14H11NO2/c16-13-11-8-4-5-9-12(11)14(17)15(13)10-6-2-1-3-7-10/h1-9,11-12H/t11-,12+. The Morgan fingerprint density at radius 2 is 1.35 bits per heavy atom. The van der Waals surface area contributed by atoms with E-state index in [9.17, 15) is 9.59 Å². The predicted molar refractivity (Wildman–Crippen MR) is 64.2 cm³/mol. The van der Waals surface area contributed by atoms with E-state index in [0.29, 0.717) is 5.69 Å². The first-order valence-corrected chi connectivity index (χ1v) is 5.57. The fraction of sp³-hybridized carbons (Fsp3) is 0.143. The van der Waals surface area contributed by atoms with E-state index in [-0.39, 0.29) is 23.7 Å². The van der Waals surface area contributed by atoms with E-state index < -0.39 is 0 Å². The molecular weight excluding hydrogens is 214 g/mol. The number of allylic oxidation sites excluding steroid dienone is 2. The van der Waals surface area contributed by atoms with Gasteiger partial charge in [0.25, 0.3) is 0 Å². The van der Waals surface area contributed by atoms with Gasteiger partial charge in [-0.3, -0.25) is 9.59 Å². The van der Waals surface area contributed by atoms with Crippen molar-refractivity contribution in [3.8, 4) is 0 Å². The van der Waals surface area contributed by atoms with Gasteiger partial charge in [-0.05, 0) is 12.1 Å². The number of imide groups is 1. The lowest BCUT2D eigenvalue weighted by Crippen LogP contribution is -2.30. The highest BCUT2D eigenvalue weighted by atomic mass is 16.2. The predicted octanol–water partition coefficient (Wildman–Crippen LogP) is 1.92. The topological polar surface area (TPSA) is 37.4 Å². The van der Waals surface area contributed by atoms with Crippen LogP contribution < -0.4 is 4.90 Å². The largest absolute Gasteiger partial charge is 0.273 e. The van der Waals surface area contributed by atoms with Gasteiger partial charge in [-0.15, -0.1) is 0 Å². The van der Waals surface area contributed by atoms with Crippen LogP contribution in [-0.2, 0) is 9.59 Å². The maximum Gasteiger partial charge on any atom is 0.241 e. The van der Waals surface area contributed by atoms with Crippen LogP contribution in [0, 0.1) is 11.8 Å². The Labute approximate surface area is 99.0 Å². The van der Waals surface area contributed by atoms with Crippen molar-refractivity contribution in [1.82, 2.24) is 0 Å². The maximum absolute atomic E-state index is 12.2. The van der Waals surface area contributed by atoms with Crippen LogP contribution in [0.5, 0.6) is 0 Å². The normalized spacial score (nSPS) is 26.5. The quantitative estimate of drug-likeness (QED) is 0.685. The molecule has 1 aromatic carbocycles. The first-order valence-electron chi connectivity index (χ1n) is 5.57. The first-order chi connectivity index (χ1) is 8.29. The summed E-state index contributed by atoms with van der Waals surface area (Å²) in [6.07, 6.45) is 7.24. The molecule has 3 nitrogen and oxygen atoms in total. The summed E-state index contributed by atoms with van der Waals surface area (Å²) in [5.74, 6) is -0.918. The first kappa shape index (κ1) is 10.0. The summed E-state index contributed by atoms with van der Waals surface area (Å²) >= 11 is 0. The van der Waals surface area contributed by atoms with Crippen LogP contribution in [0.4, 0.5) is 5.69 Å². The molecule has 1 aliphatic carbocycles. The van der Waals surface area contributed by atoms with Crippen LogP contribution in [0.1, 0.15) is 0 Å². The van der Waals surface area contributed by atoms with Gasteiger partial charge >= 0.3 is 0 Å². The van der Waals surface area contributed by atoms with E-state index in [1.807, 2.05) is 30.4 Å². The van der Waals surface area contributed by atoms with Crippen LogP contribution in [0.25, 0.3) is 0 Å². The van der Waals surface area contributed by atoms with Gasteiger partial charge in [0.1, 0.15) is 0 Å². The van der Waals surface area contributed by atoms with Crippen molar-refractivity contribution in [2.24, 2.45) is 11.8 Å². The fourth-order valence-electron chi connectivity index (χ4n) is 2.32. The highest BCUT2D eigenvalue weighted by Gasteiger charge is 2.46. The van der Waals surface area contributed by atoms with E-state index in [1.54, 1.807) is 24.3 Å². The van der Waals surface area contributed by atoms with Gasteiger partial charge in [-0.1, -0.05) is 42.5 Å².